The smallest absolute Gasteiger partial charge is 0.187 e. The molecular formula is C10H18O6. The van der Waals surface area contributed by atoms with Crippen molar-refractivity contribution in [3.63, 3.8) is 0 Å². The summed E-state index contributed by atoms with van der Waals surface area (Å²) < 4.78 is 10.3. The van der Waals surface area contributed by atoms with Gasteiger partial charge in [0.05, 0.1) is 13.2 Å². The van der Waals surface area contributed by atoms with Gasteiger partial charge in [0.1, 0.15) is 24.4 Å². The zero-order valence-corrected chi connectivity index (χ0v) is 9.06. The number of ether oxygens (including phenoxy) is 2. The van der Waals surface area contributed by atoms with Crippen molar-refractivity contribution in [2.75, 3.05) is 13.2 Å². The Morgan fingerprint density at radius 2 is 2.06 bits per heavy atom. The molecule has 0 saturated carbocycles. The molecule has 0 aromatic heterocycles. The van der Waals surface area contributed by atoms with Crippen molar-refractivity contribution < 1.29 is 29.9 Å². The van der Waals surface area contributed by atoms with E-state index in [1.54, 1.807) is 12.2 Å². The zero-order valence-electron chi connectivity index (χ0n) is 9.06. The molecule has 0 aromatic rings. The van der Waals surface area contributed by atoms with E-state index in [0.29, 0.717) is 0 Å². The largest absolute Gasteiger partial charge is 0.394 e. The lowest BCUT2D eigenvalue weighted by Gasteiger charge is -2.18. The quantitative estimate of drug-likeness (QED) is 0.427. The van der Waals surface area contributed by atoms with Crippen LogP contribution >= 0.6 is 0 Å². The van der Waals surface area contributed by atoms with E-state index in [4.69, 9.17) is 14.6 Å². The molecule has 6 nitrogen and oxygen atoms in total. The van der Waals surface area contributed by atoms with Crippen molar-refractivity contribution in [2.24, 2.45) is 0 Å². The third-order valence-electron chi connectivity index (χ3n) is 2.42. The average Bonchev–Trinajstić information content (AvgIpc) is 2.57. The molecule has 0 amide bonds. The topological polar surface area (TPSA) is 99.4 Å². The van der Waals surface area contributed by atoms with Crippen molar-refractivity contribution >= 4 is 0 Å². The summed E-state index contributed by atoms with van der Waals surface area (Å²) in [4.78, 5) is 0. The summed E-state index contributed by atoms with van der Waals surface area (Å²) in [6, 6.07) is 0. The lowest BCUT2D eigenvalue weighted by Crippen LogP contribution is -2.40. The fraction of sp³-hybridized carbons (Fsp3) is 0.800. The van der Waals surface area contributed by atoms with E-state index in [9.17, 15) is 15.3 Å². The minimum atomic E-state index is -1.27. The number of aliphatic hydroxyl groups is 4. The minimum Gasteiger partial charge on any atom is -0.394 e. The highest BCUT2D eigenvalue weighted by atomic mass is 16.7. The van der Waals surface area contributed by atoms with Gasteiger partial charge in [-0.05, 0) is 6.92 Å². The number of hydrogen-bond acceptors (Lipinski definition) is 6. The van der Waals surface area contributed by atoms with Crippen molar-refractivity contribution in [1.29, 1.82) is 0 Å². The third kappa shape index (κ3) is 3.00. The Morgan fingerprint density at radius 1 is 1.38 bits per heavy atom. The highest BCUT2D eigenvalue weighted by molar-refractivity contribution is 4.91. The number of allylic oxidation sites excluding steroid dienone is 1. The zero-order chi connectivity index (χ0) is 12.1. The van der Waals surface area contributed by atoms with Gasteiger partial charge < -0.3 is 29.9 Å². The van der Waals surface area contributed by atoms with Crippen LogP contribution in [0.25, 0.3) is 0 Å². The first kappa shape index (κ1) is 13.6. The molecule has 0 radical (unpaired) electrons. The monoisotopic (exact) mass is 234 g/mol. The Labute approximate surface area is 93.7 Å². The summed E-state index contributed by atoms with van der Waals surface area (Å²) in [5, 5.41) is 37.1. The van der Waals surface area contributed by atoms with E-state index in [2.05, 4.69) is 0 Å². The van der Waals surface area contributed by atoms with Crippen LogP contribution in [0.15, 0.2) is 12.2 Å². The molecule has 1 rings (SSSR count). The lowest BCUT2D eigenvalue weighted by atomic mass is 10.1. The Bertz CT molecular complexity index is 231. The minimum absolute atomic E-state index is 0.243. The van der Waals surface area contributed by atoms with Gasteiger partial charge in [-0.1, -0.05) is 12.2 Å². The van der Waals surface area contributed by atoms with E-state index < -0.39 is 37.3 Å². The Kier molecular flexibility index (Phi) is 5.33. The molecule has 6 heteroatoms. The first-order chi connectivity index (χ1) is 7.61. The highest BCUT2D eigenvalue weighted by Gasteiger charge is 2.46. The Balaban J connectivity index is 2.50. The first-order valence-electron chi connectivity index (χ1n) is 5.15. The molecule has 5 atom stereocenters. The van der Waals surface area contributed by atoms with Crippen LogP contribution in [0, 0.1) is 0 Å². The van der Waals surface area contributed by atoms with Gasteiger partial charge in [-0.2, -0.15) is 0 Å². The molecule has 0 bridgehead atoms. The fourth-order valence-corrected chi connectivity index (χ4v) is 1.48. The van der Waals surface area contributed by atoms with E-state index in [1.165, 1.54) is 0 Å². The number of rotatable bonds is 5. The Morgan fingerprint density at radius 3 is 2.62 bits per heavy atom. The van der Waals surface area contributed by atoms with Gasteiger partial charge in [0, 0.05) is 0 Å². The van der Waals surface area contributed by atoms with Crippen molar-refractivity contribution in [2.45, 2.75) is 37.6 Å². The SMILES string of the molecule is C/C=C\COC1OC(C(O)CO)C(O)C1O. The second-order valence-electron chi connectivity index (χ2n) is 3.60. The third-order valence-corrected chi connectivity index (χ3v) is 2.42. The summed E-state index contributed by atoms with van der Waals surface area (Å²) in [7, 11) is 0. The summed E-state index contributed by atoms with van der Waals surface area (Å²) in [6.45, 7) is 1.52. The lowest BCUT2D eigenvalue weighted by molar-refractivity contribution is -0.175. The van der Waals surface area contributed by atoms with Crippen LogP contribution in [0.2, 0.25) is 0 Å². The summed E-state index contributed by atoms with van der Waals surface area (Å²) in [5.74, 6) is 0. The van der Waals surface area contributed by atoms with Crippen LogP contribution in [-0.4, -0.2) is 64.3 Å². The Hall–Kier alpha value is -0.500. The molecule has 0 spiro atoms. The van der Waals surface area contributed by atoms with E-state index in [1.807, 2.05) is 6.92 Å². The molecule has 1 heterocycles. The molecule has 4 N–H and O–H groups in total. The molecule has 5 unspecified atom stereocenters. The summed E-state index contributed by atoms with van der Waals surface area (Å²) >= 11 is 0. The predicted octanol–water partition coefficient (Wildman–Crippen LogP) is -1.62. The van der Waals surface area contributed by atoms with Gasteiger partial charge in [-0.15, -0.1) is 0 Å². The first-order valence-corrected chi connectivity index (χ1v) is 5.15. The van der Waals surface area contributed by atoms with Crippen LogP contribution in [0.1, 0.15) is 6.92 Å². The van der Waals surface area contributed by atoms with Crippen LogP contribution in [0.3, 0.4) is 0 Å². The standard InChI is InChI=1S/C10H18O6/c1-2-3-4-15-10-8(14)7(13)9(16-10)6(12)5-11/h2-3,6-14H,4-5H2,1H3/b3-2-. The molecule has 94 valence electrons. The number of aliphatic hydroxyl groups excluding tert-OH is 4. The van der Waals surface area contributed by atoms with Gasteiger partial charge in [0.2, 0.25) is 0 Å². The predicted molar refractivity (Wildman–Crippen MR) is 54.5 cm³/mol. The van der Waals surface area contributed by atoms with Gasteiger partial charge in [0.15, 0.2) is 6.29 Å². The second-order valence-corrected chi connectivity index (χ2v) is 3.60. The van der Waals surface area contributed by atoms with E-state index in [0.717, 1.165) is 0 Å². The molecule has 1 aliphatic rings. The summed E-state index contributed by atoms with van der Waals surface area (Å²) in [6.07, 6.45) is -2.25. The van der Waals surface area contributed by atoms with Crippen LogP contribution in [0.4, 0.5) is 0 Å². The van der Waals surface area contributed by atoms with Crippen molar-refractivity contribution in [3.05, 3.63) is 12.2 Å². The van der Waals surface area contributed by atoms with E-state index >= 15 is 0 Å². The summed E-state index contributed by atoms with van der Waals surface area (Å²) in [5.41, 5.74) is 0. The van der Waals surface area contributed by atoms with Gasteiger partial charge in [-0.25, -0.2) is 0 Å². The molecule has 1 saturated heterocycles. The van der Waals surface area contributed by atoms with Crippen LogP contribution < -0.4 is 0 Å². The molecule has 1 aliphatic heterocycles. The molecule has 0 aliphatic carbocycles. The molecule has 1 fully saturated rings. The van der Waals surface area contributed by atoms with Crippen molar-refractivity contribution in [3.8, 4) is 0 Å². The fourth-order valence-electron chi connectivity index (χ4n) is 1.48. The number of hydrogen-bond donors (Lipinski definition) is 4. The molecule has 0 aromatic carbocycles. The molecule has 16 heavy (non-hydrogen) atoms. The normalized spacial score (nSPS) is 37.1. The maximum Gasteiger partial charge on any atom is 0.187 e. The maximum atomic E-state index is 9.55. The van der Waals surface area contributed by atoms with E-state index in [-0.39, 0.29) is 6.61 Å². The van der Waals surface area contributed by atoms with Crippen molar-refractivity contribution in [1.82, 2.24) is 0 Å². The van der Waals surface area contributed by atoms with Crippen LogP contribution in [-0.2, 0) is 9.47 Å². The average molecular weight is 234 g/mol. The van der Waals surface area contributed by atoms with Gasteiger partial charge in [-0.3, -0.25) is 0 Å². The van der Waals surface area contributed by atoms with Gasteiger partial charge >= 0.3 is 0 Å². The molecular weight excluding hydrogens is 216 g/mol. The van der Waals surface area contributed by atoms with Crippen LogP contribution in [0.5, 0.6) is 0 Å². The second kappa shape index (κ2) is 6.29. The maximum absolute atomic E-state index is 9.55. The van der Waals surface area contributed by atoms with Gasteiger partial charge in [0.25, 0.3) is 0 Å². The highest BCUT2D eigenvalue weighted by Crippen LogP contribution is 2.24.